The number of fused-ring (bicyclic) bond motifs is 2. The molecule has 252 valence electrons. The second kappa shape index (κ2) is 13.1. The van der Waals surface area contributed by atoms with Crippen molar-refractivity contribution in [2.24, 2.45) is 11.8 Å². The Kier molecular flexibility index (Phi) is 8.91. The number of methoxy groups -OCH3 is 3. The smallest absolute Gasteiger partial charge is 0.355 e. The van der Waals surface area contributed by atoms with Crippen LogP contribution in [0.25, 0.3) is 0 Å². The van der Waals surface area contributed by atoms with Crippen LogP contribution in [0.1, 0.15) is 54.1 Å². The zero-order chi connectivity index (χ0) is 34.2. The maximum Gasteiger partial charge on any atom is 0.355 e. The standard InChI is InChI=1S/C36H38N2O10/c1-20(2)33(40)37-26-12-9-17-38(26)34(41)28-29(21-10-7-6-8-11-21)36(35(42)45-5,22-13-15-23(43-3)16-14-22)48-24-18-25-31(47-19-46-25)32(44-4)27(24)30(28)39/h6-8,10-11,13-16,18,20,26,28-29H,9,12,17,19H2,1-5H3,(H,37,40)/t26-,28+,29+,36-/m0/s1. The molecule has 3 aromatic carbocycles. The Morgan fingerprint density at radius 2 is 1.69 bits per heavy atom. The van der Waals surface area contributed by atoms with Gasteiger partial charge in [-0.1, -0.05) is 56.3 Å². The monoisotopic (exact) mass is 658 g/mol. The number of nitrogens with zero attached hydrogens (tertiary/aromatic N) is 1. The Hall–Kier alpha value is -5.26. The Morgan fingerprint density at radius 1 is 0.958 bits per heavy atom. The van der Waals surface area contributed by atoms with Crippen molar-refractivity contribution in [3.8, 4) is 28.7 Å². The van der Waals surface area contributed by atoms with Crippen LogP contribution in [-0.2, 0) is 24.7 Å². The number of esters is 1. The summed E-state index contributed by atoms with van der Waals surface area (Å²) in [6, 6.07) is 16.9. The van der Waals surface area contributed by atoms with E-state index in [2.05, 4.69) is 5.32 Å². The molecule has 0 aromatic heterocycles. The summed E-state index contributed by atoms with van der Waals surface area (Å²) in [5.41, 5.74) is -1.40. The third-order valence-corrected chi connectivity index (χ3v) is 9.16. The molecule has 0 aliphatic carbocycles. The van der Waals surface area contributed by atoms with Gasteiger partial charge in [0.25, 0.3) is 0 Å². The zero-order valence-electron chi connectivity index (χ0n) is 27.4. The normalized spacial score (nSPS) is 22.8. The fraction of sp³-hybridized carbons (Fsp3) is 0.389. The topological polar surface area (TPSA) is 139 Å². The number of benzene rings is 3. The molecule has 0 saturated carbocycles. The first kappa shape index (κ1) is 32.7. The van der Waals surface area contributed by atoms with Crippen LogP contribution in [-0.4, -0.2) is 69.3 Å². The molecule has 1 fully saturated rings. The molecule has 0 unspecified atom stereocenters. The second-order valence-electron chi connectivity index (χ2n) is 12.2. The van der Waals surface area contributed by atoms with Gasteiger partial charge in [0, 0.05) is 24.1 Å². The van der Waals surface area contributed by atoms with Crippen molar-refractivity contribution in [1.82, 2.24) is 10.2 Å². The first-order valence-corrected chi connectivity index (χ1v) is 15.8. The molecule has 48 heavy (non-hydrogen) atoms. The van der Waals surface area contributed by atoms with E-state index in [1.165, 1.54) is 32.3 Å². The Labute approximate surface area is 278 Å². The SMILES string of the molecule is COC(=O)[C@@]1(c2ccc(OC)cc2)Oc2cc3c(c(OC)c2C(=O)[C@H](C(=O)N2CCC[C@H]2NC(=O)C(C)C)[C@H]1c1ccccc1)OCO3. The number of Topliss-reactive ketones (excluding diaryl/α,β-unsaturated/α-hetero) is 1. The van der Waals surface area contributed by atoms with Crippen LogP contribution in [0.3, 0.4) is 0 Å². The average Bonchev–Trinajstić information content (AvgIpc) is 3.76. The van der Waals surface area contributed by atoms with E-state index in [1.807, 2.05) is 0 Å². The molecule has 6 rings (SSSR count). The summed E-state index contributed by atoms with van der Waals surface area (Å²) in [5.74, 6) is -4.57. The summed E-state index contributed by atoms with van der Waals surface area (Å²) in [6.45, 7) is 3.68. The molecule has 3 heterocycles. The maximum absolute atomic E-state index is 15.2. The van der Waals surface area contributed by atoms with Gasteiger partial charge in [-0.05, 0) is 30.5 Å². The molecule has 3 aliphatic rings. The minimum absolute atomic E-state index is 0.0103. The van der Waals surface area contributed by atoms with Crippen LogP contribution < -0.4 is 29.0 Å². The van der Waals surface area contributed by atoms with Crippen molar-refractivity contribution in [3.05, 3.63) is 77.4 Å². The van der Waals surface area contributed by atoms with Gasteiger partial charge in [0.05, 0.1) is 27.2 Å². The van der Waals surface area contributed by atoms with Crippen LogP contribution in [0.5, 0.6) is 28.7 Å². The highest BCUT2D eigenvalue weighted by molar-refractivity contribution is 6.15. The number of ketones is 1. The fourth-order valence-corrected chi connectivity index (χ4v) is 6.82. The summed E-state index contributed by atoms with van der Waals surface area (Å²) in [5, 5.41) is 2.97. The highest BCUT2D eigenvalue weighted by Gasteiger charge is 2.62. The van der Waals surface area contributed by atoms with Crippen molar-refractivity contribution in [3.63, 3.8) is 0 Å². The number of hydrogen-bond donors (Lipinski definition) is 1. The van der Waals surface area contributed by atoms with Gasteiger partial charge in [0.15, 0.2) is 17.3 Å². The Balaban J connectivity index is 1.66. The zero-order valence-corrected chi connectivity index (χ0v) is 27.4. The number of nitrogens with one attached hydrogen (secondary N) is 1. The predicted octanol–water partition coefficient (Wildman–Crippen LogP) is 4.20. The van der Waals surface area contributed by atoms with E-state index in [1.54, 1.807) is 68.4 Å². The van der Waals surface area contributed by atoms with E-state index in [0.29, 0.717) is 29.7 Å². The number of carbonyl (C=O) groups is 4. The van der Waals surface area contributed by atoms with Gasteiger partial charge in [-0.3, -0.25) is 14.4 Å². The van der Waals surface area contributed by atoms with Crippen molar-refractivity contribution >= 4 is 23.6 Å². The quantitative estimate of drug-likeness (QED) is 0.277. The number of likely N-dealkylation sites (tertiary alicyclic amines) is 1. The number of ether oxygens (including phenoxy) is 6. The van der Waals surface area contributed by atoms with E-state index in [9.17, 15) is 9.59 Å². The minimum atomic E-state index is -2.10. The first-order chi connectivity index (χ1) is 23.2. The lowest BCUT2D eigenvalue weighted by atomic mass is 9.68. The molecule has 0 bridgehead atoms. The lowest BCUT2D eigenvalue weighted by Crippen LogP contribution is -2.56. The van der Waals surface area contributed by atoms with Crippen LogP contribution in [0.15, 0.2) is 60.7 Å². The molecule has 3 aliphatic heterocycles. The van der Waals surface area contributed by atoms with Gasteiger partial charge in [0.1, 0.15) is 29.1 Å². The molecule has 2 amide bonds. The summed E-state index contributed by atoms with van der Waals surface area (Å²) in [6.07, 6.45) is 0.436. The Morgan fingerprint density at radius 3 is 2.33 bits per heavy atom. The molecule has 12 heteroatoms. The third-order valence-electron chi connectivity index (χ3n) is 9.16. The molecule has 1 N–H and O–H groups in total. The lowest BCUT2D eigenvalue weighted by molar-refractivity contribution is -0.165. The van der Waals surface area contributed by atoms with Crippen molar-refractivity contribution in [2.45, 2.75) is 44.4 Å². The number of carbonyl (C=O) groups excluding carboxylic acids is 4. The van der Waals surface area contributed by atoms with E-state index in [0.717, 1.165) is 0 Å². The van der Waals surface area contributed by atoms with E-state index < -0.39 is 41.3 Å². The van der Waals surface area contributed by atoms with Gasteiger partial charge >= 0.3 is 5.97 Å². The first-order valence-electron chi connectivity index (χ1n) is 15.8. The second-order valence-corrected chi connectivity index (χ2v) is 12.2. The van der Waals surface area contributed by atoms with Gasteiger partial charge in [0.2, 0.25) is 30.0 Å². The predicted molar refractivity (Wildman–Crippen MR) is 171 cm³/mol. The van der Waals surface area contributed by atoms with E-state index >= 15 is 9.59 Å². The molecular formula is C36H38N2O10. The number of amides is 2. The molecule has 12 nitrogen and oxygen atoms in total. The van der Waals surface area contributed by atoms with Crippen LogP contribution in [0, 0.1) is 11.8 Å². The van der Waals surface area contributed by atoms with Crippen LogP contribution >= 0.6 is 0 Å². The largest absolute Gasteiger partial charge is 0.497 e. The van der Waals surface area contributed by atoms with E-state index in [-0.39, 0.29) is 53.7 Å². The van der Waals surface area contributed by atoms with Crippen molar-refractivity contribution < 1.29 is 47.6 Å². The molecule has 1 saturated heterocycles. The van der Waals surface area contributed by atoms with Gasteiger partial charge in [-0.2, -0.15) is 0 Å². The molecule has 4 atom stereocenters. The van der Waals surface area contributed by atoms with Gasteiger partial charge < -0.3 is 38.6 Å². The summed E-state index contributed by atoms with van der Waals surface area (Å²) in [7, 11) is 4.11. The number of rotatable bonds is 8. The van der Waals surface area contributed by atoms with Gasteiger partial charge in [-0.15, -0.1) is 0 Å². The molecular weight excluding hydrogens is 620 g/mol. The van der Waals surface area contributed by atoms with Crippen LogP contribution in [0.4, 0.5) is 0 Å². The molecule has 0 spiro atoms. The third kappa shape index (κ3) is 5.34. The fourth-order valence-electron chi connectivity index (χ4n) is 6.82. The van der Waals surface area contributed by atoms with Crippen LogP contribution in [0.2, 0.25) is 0 Å². The van der Waals surface area contributed by atoms with E-state index in [4.69, 9.17) is 28.4 Å². The highest BCUT2D eigenvalue weighted by Crippen LogP contribution is 2.56. The lowest BCUT2D eigenvalue weighted by Gasteiger charge is -2.41. The minimum Gasteiger partial charge on any atom is -0.497 e. The van der Waals surface area contributed by atoms with Crippen molar-refractivity contribution in [2.75, 3.05) is 34.7 Å². The summed E-state index contributed by atoms with van der Waals surface area (Å²) < 4.78 is 34.8. The highest BCUT2D eigenvalue weighted by atomic mass is 16.7. The average molecular weight is 659 g/mol. The Bertz CT molecular complexity index is 1720. The number of hydrogen-bond acceptors (Lipinski definition) is 10. The molecule has 0 radical (unpaired) electrons. The molecule has 3 aromatic rings. The maximum atomic E-state index is 15.2. The summed E-state index contributed by atoms with van der Waals surface area (Å²) >= 11 is 0. The van der Waals surface area contributed by atoms with Gasteiger partial charge in [-0.25, -0.2) is 4.79 Å². The summed E-state index contributed by atoms with van der Waals surface area (Å²) in [4.78, 5) is 59.2. The van der Waals surface area contributed by atoms with Crippen molar-refractivity contribution in [1.29, 1.82) is 0 Å².